The summed E-state index contributed by atoms with van der Waals surface area (Å²) in [6, 6.07) is 6.24. The lowest BCUT2D eigenvalue weighted by molar-refractivity contribution is 0.546. The van der Waals surface area contributed by atoms with Crippen LogP contribution in [0.5, 0.6) is 0 Å². The third kappa shape index (κ3) is 4.12. The van der Waals surface area contributed by atoms with Crippen molar-refractivity contribution in [3.8, 4) is 0 Å². The Bertz CT molecular complexity index is 400. The fourth-order valence-corrected chi connectivity index (χ4v) is 3.20. The van der Waals surface area contributed by atoms with Crippen LogP contribution in [0.2, 0.25) is 5.02 Å². The summed E-state index contributed by atoms with van der Waals surface area (Å²) in [6.45, 7) is 5.17. The van der Waals surface area contributed by atoms with Crippen molar-refractivity contribution in [2.24, 2.45) is 5.92 Å². The van der Waals surface area contributed by atoms with Crippen molar-refractivity contribution in [3.63, 3.8) is 0 Å². The number of anilines is 1. The van der Waals surface area contributed by atoms with E-state index in [1.165, 1.54) is 43.5 Å². The minimum Gasteiger partial charge on any atom is -0.374 e. The van der Waals surface area contributed by atoms with E-state index in [2.05, 4.69) is 36.3 Å². The molecule has 1 aromatic carbocycles. The molecule has 2 nitrogen and oxygen atoms in total. The molecule has 0 aliphatic heterocycles. The van der Waals surface area contributed by atoms with Gasteiger partial charge in [0.25, 0.3) is 0 Å². The molecule has 0 unspecified atom stereocenters. The van der Waals surface area contributed by atoms with E-state index < -0.39 is 0 Å². The minimum absolute atomic E-state index is 0.825. The monoisotopic (exact) mass is 280 g/mol. The Hall–Kier alpha value is -0.730. The van der Waals surface area contributed by atoms with Crippen molar-refractivity contribution in [1.82, 2.24) is 5.32 Å². The molecule has 1 N–H and O–H groups in total. The Morgan fingerprint density at radius 1 is 1.32 bits per heavy atom. The first-order valence-electron chi connectivity index (χ1n) is 7.41. The van der Waals surface area contributed by atoms with Gasteiger partial charge in [-0.15, -0.1) is 0 Å². The van der Waals surface area contributed by atoms with Crippen LogP contribution >= 0.6 is 11.6 Å². The summed E-state index contributed by atoms with van der Waals surface area (Å²) in [7, 11) is 2.21. The summed E-state index contributed by atoms with van der Waals surface area (Å²) < 4.78 is 0. The van der Waals surface area contributed by atoms with Gasteiger partial charge in [-0.05, 0) is 49.1 Å². The first kappa shape index (κ1) is 14.7. The van der Waals surface area contributed by atoms with E-state index in [9.17, 15) is 0 Å². The molecule has 0 heterocycles. The van der Waals surface area contributed by atoms with Crippen LogP contribution in [-0.2, 0) is 6.54 Å². The van der Waals surface area contributed by atoms with E-state index in [-0.39, 0.29) is 0 Å². The van der Waals surface area contributed by atoms with E-state index in [0.29, 0.717) is 0 Å². The largest absolute Gasteiger partial charge is 0.374 e. The van der Waals surface area contributed by atoms with Gasteiger partial charge >= 0.3 is 0 Å². The molecule has 1 fully saturated rings. The van der Waals surface area contributed by atoms with Crippen molar-refractivity contribution in [1.29, 1.82) is 0 Å². The van der Waals surface area contributed by atoms with Gasteiger partial charge < -0.3 is 10.2 Å². The maximum atomic E-state index is 6.12. The van der Waals surface area contributed by atoms with Crippen LogP contribution in [0.3, 0.4) is 0 Å². The molecule has 0 amide bonds. The molecular weight excluding hydrogens is 256 g/mol. The molecule has 0 atom stereocenters. The van der Waals surface area contributed by atoms with Crippen LogP contribution in [-0.4, -0.2) is 20.1 Å². The predicted molar refractivity (Wildman–Crippen MR) is 84.1 cm³/mol. The summed E-state index contributed by atoms with van der Waals surface area (Å²) >= 11 is 6.12. The van der Waals surface area contributed by atoms with E-state index in [1.807, 2.05) is 6.07 Å². The first-order valence-corrected chi connectivity index (χ1v) is 7.78. The first-order chi connectivity index (χ1) is 9.20. The lowest BCUT2D eigenvalue weighted by Gasteiger charge is -2.26. The average molecular weight is 281 g/mol. The second kappa shape index (κ2) is 7.16. The highest BCUT2D eigenvalue weighted by atomic mass is 35.5. The third-order valence-corrected chi connectivity index (χ3v) is 4.26. The number of hydrogen-bond donors (Lipinski definition) is 1. The second-order valence-corrected chi connectivity index (χ2v) is 6.02. The lowest BCUT2D eigenvalue weighted by atomic mass is 10.1. The second-order valence-electron chi connectivity index (χ2n) is 5.58. The summed E-state index contributed by atoms with van der Waals surface area (Å²) in [5.41, 5.74) is 2.62. The third-order valence-electron chi connectivity index (χ3n) is 4.03. The van der Waals surface area contributed by atoms with Gasteiger partial charge in [0.1, 0.15) is 0 Å². The zero-order valence-electron chi connectivity index (χ0n) is 12.1. The summed E-state index contributed by atoms with van der Waals surface area (Å²) in [5.74, 6) is 0.868. The van der Waals surface area contributed by atoms with Gasteiger partial charge in [0.2, 0.25) is 0 Å². The Kier molecular flexibility index (Phi) is 5.53. The Balaban J connectivity index is 2.07. The molecular formula is C16H25ClN2. The number of rotatable bonds is 6. The fraction of sp³-hybridized carbons (Fsp3) is 0.625. The summed E-state index contributed by atoms with van der Waals surface area (Å²) in [4.78, 5) is 2.40. The highest BCUT2D eigenvalue weighted by molar-refractivity contribution is 6.30. The highest BCUT2D eigenvalue weighted by Crippen LogP contribution is 2.29. The molecule has 3 heteroatoms. The van der Waals surface area contributed by atoms with Crippen molar-refractivity contribution < 1.29 is 0 Å². The van der Waals surface area contributed by atoms with Gasteiger partial charge in [-0.3, -0.25) is 0 Å². The fourth-order valence-electron chi connectivity index (χ4n) is 3.01. The maximum Gasteiger partial charge on any atom is 0.0410 e. The van der Waals surface area contributed by atoms with Gasteiger partial charge in [0.05, 0.1) is 0 Å². The predicted octanol–water partition coefficient (Wildman–Crippen LogP) is 4.08. The molecule has 1 aliphatic carbocycles. The molecule has 19 heavy (non-hydrogen) atoms. The molecule has 0 saturated heterocycles. The number of nitrogens with one attached hydrogen (secondary N) is 1. The van der Waals surface area contributed by atoms with Crippen LogP contribution in [0, 0.1) is 5.92 Å². The van der Waals surface area contributed by atoms with Crippen molar-refractivity contribution in [2.75, 3.05) is 25.0 Å². The van der Waals surface area contributed by atoms with Gasteiger partial charge in [-0.2, -0.15) is 0 Å². The van der Waals surface area contributed by atoms with Crippen LogP contribution in [0.1, 0.15) is 38.2 Å². The summed E-state index contributed by atoms with van der Waals surface area (Å²) in [6.07, 6.45) is 5.59. The Morgan fingerprint density at radius 3 is 2.74 bits per heavy atom. The zero-order chi connectivity index (χ0) is 13.7. The van der Waals surface area contributed by atoms with E-state index in [1.54, 1.807) is 0 Å². The van der Waals surface area contributed by atoms with Crippen LogP contribution in [0.25, 0.3) is 0 Å². The lowest BCUT2D eigenvalue weighted by Crippen LogP contribution is -2.26. The summed E-state index contributed by atoms with van der Waals surface area (Å²) in [5, 5.41) is 4.22. The molecule has 1 saturated carbocycles. The van der Waals surface area contributed by atoms with Crippen molar-refractivity contribution in [3.05, 3.63) is 28.8 Å². The van der Waals surface area contributed by atoms with Gasteiger partial charge in [-0.1, -0.05) is 31.4 Å². The van der Waals surface area contributed by atoms with Gasteiger partial charge in [-0.25, -0.2) is 0 Å². The van der Waals surface area contributed by atoms with Crippen molar-refractivity contribution >= 4 is 17.3 Å². The number of hydrogen-bond acceptors (Lipinski definition) is 2. The average Bonchev–Trinajstić information content (AvgIpc) is 2.89. The number of halogens is 1. The SMILES string of the molecule is CCNCc1cc(Cl)ccc1N(C)CC1CCCC1. The Labute approximate surface area is 122 Å². The standard InChI is InChI=1S/C16H25ClN2/c1-3-18-11-14-10-15(17)8-9-16(14)19(2)12-13-6-4-5-7-13/h8-10,13,18H,3-7,11-12H2,1-2H3. The smallest absolute Gasteiger partial charge is 0.0410 e. The molecule has 2 rings (SSSR count). The maximum absolute atomic E-state index is 6.12. The normalized spacial score (nSPS) is 15.9. The topological polar surface area (TPSA) is 15.3 Å². The minimum atomic E-state index is 0.825. The van der Waals surface area contributed by atoms with E-state index >= 15 is 0 Å². The van der Waals surface area contributed by atoms with E-state index in [4.69, 9.17) is 11.6 Å². The van der Waals surface area contributed by atoms with E-state index in [0.717, 1.165) is 24.0 Å². The molecule has 0 radical (unpaired) electrons. The van der Waals surface area contributed by atoms with Crippen molar-refractivity contribution in [2.45, 2.75) is 39.2 Å². The Morgan fingerprint density at radius 2 is 2.05 bits per heavy atom. The number of benzene rings is 1. The highest BCUT2D eigenvalue weighted by Gasteiger charge is 2.18. The van der Waals surface area contributed by atoms with Crippen LogP contribution in [0.15, 0.2) is 18.2 Å². The molecule has 0 aromatic heterocycles. The quantitative estimate of drug-likeness (QED) is 0.845. The zero-order valence-corrected chi connectivity index (χ0v) is 12.8. The molecule has 0 spiro atoms. The molecule has 0 bridgehead atoms. The van der Waals surface area contributed by atoms with Crippen LogP contribution in [0.4, 0.5) is 5.69 Å². The number of nitrogens with zero attached hydrogens (tertiary/aromatic N) is 1. The molecule has 1 aliphatic rings. The van der Waals surface area contributed by atoms with Crippen LogP contribution < -0.4 is 10.2 Å². The molecule has 1 aromatic rings. The van der Waals surface area contributed by atoms with Gasteiger partial charge in [0.15, 0.2) is 0 Å². The van der Waals surface area contributed by atoms with Gasteiger partial charge in [0, 0.05) is 30.8 Å². The molecule has 106 valence electrons.